The van der Waals surface area contributed by atoms with E-state index >= 15 is 0 Å². The first kappa shape index (κ1) is 19.2. The number of fused-ring (bicyclic) bond motifs is 2. The number of ether oxygens (including phenoxy) is 1. The molecular formula is C21H23N3O2S2. The lowest BCUT2D eigenvalue weighted by Crippen LogP contribution is -2.04. The van der Waals surface area contributed by atoms with Crippen molar-refractivity contribution in [2.75, 3.05) is 11.9 Å². The Hall–Kier alpha value is -2.12. The Labute approximate surface area is 173 Å². The molecule has 4 rings (SSSR count). The highest BCUT2D eigenvalue weighted by Crippen LogP contribution is 2.38. The van der Waals surface area contributed by atoms with Crippen LogP contribution in [0.1, 0.15) is 52.5 Å². The molecule has 0 saturated carbocycles. The Bertz CT molecular complexity index is 917. The first-order valence-electron chi connectivity index (χ1n) is 9.64. The van der Waals surface area contributed by atoms with Crippen LogP contribution in [0.15, 0.2) is 28.1 Å². The largest absolute Gasteiger partial charge is 0.461 e. The first-order valence-corrected chi connectivity index (χ1v) is 11.3. The van der Waals surface area contributed by atoms with Crippen LogP contribution in [0.5, 0.6) is 0 Å². The number of hydrogen-bond donors (Lipinski definition) is 2. The van der Waals surface area contributed by atoms with Crippen LogP contribution in [-0.2, 0) is 30.4 Å². The molecule has 2 aromatic rings. The molecule has 0 fully saturated rings. The second kappa shape index (κ2) is 8.49. The van der Waals surface area contributed by atoms with Gasteiger partial charge in [0, 0.05) is 17.3 Å². The molecule has 5 nitrogen and oxygen atoms in total. The maximum Gasteiger partial charge on any atom is 0.357 e. The number of carbonyl (C=O) groups is 1. The number of nitrogens with one attached hydrogen (secondary N) is 2. The van der Waals surface area contributed by atoms with Gasteiger partial charge < -0.3 is 10.1 Å². The summed E-state index contributed by atoms with van der Waals surface area (Å²) in [4.78, 5) is 15.9. The number of benzene rings is 1. The summed E-state index contributed by atoms with van der Waals surface area (Å²) in [5, 5.41) is 13.7. The van der Waals surface area contributed by atoms with Crippen molar-refractivity contribution >= 4 is 39.8 Å². The van der Waals surface area contributed by atoms with Gasteiger partial charge in [-0.2, -0.15) is 0 Å². The molecule has 0 aliphatic heterocycles. The van der Waals surface area contributed by atoms with Gasteiger partial charge in [-0.3, -0.25) is 5.41 Å². The van der Waals surface area contributed by atoms with Crippen LogP contribution in [0.25, 0.3) is 0 Å². The molecule has 28 heavy (non-hydrogen) atoms. The summed E-state index contributed by atoms with van der Waals surface area (Å²) in [7, 11) is 0. The lowest BCUT2D eigenvalue weighted by molar-refractivity contribution is 0.0520. The molecule has 146 valence electrons. The molecule has 1 heterocycles. The van der Waals surface area contributed by atoms with Crippen LogP contribution in [-0.4, -0.2) is 22.6 Å². The van der Waals surface area contributed by atoms with Crippen LogP contribution >= 0.6 is 23.1 Å². The van der Waals surface area contributed by atoms with Crippen LogP contribution in [0, 0.1) is 5.41 Å². The van der Waals surface area contributed by atoms with E-state index in [0.717, 1.165) is 12.8 Å². The van der Waals surface area contributed by atoms with Gasteiger partial charge in [0.25, 0.3) is 0 Å². The molecule has 0 spiro atoms. The number of rotatable bonds is 6. The minimum absolute atomic E-state index is 0.305. The van der Waals surface area contributed by atoms with Crippen molar-refractivity contribution in [1.29, 1.82) is 5.41 Å². The average Bonchev–Trinajstić information content (AvgIpc) is 3.41. The van der Waals surface area contributed by atoms with E-state index in [4.69, 9.17) is 10.1 Å². The quantitative estimate of drug-likeness (QED) is 0.302. The molecule has 2 aliphatic carbocycles. The van der Waals surface area contributed by atoms with Gasteiger partial charge in [-0.15, -0.1) is 11.3 Å². The zero-order valence-electron chi connectivity index (χ0n) is 15.8. The van der Waals surface area contributed by atoms with Crippen LogP contribution < -0.4 is 5.32 Å². The Morgan fingerprint density at radius 1 is 1.29 bits per heavy atom. The Kier molecular flexibility index (Phi) is 5.82. The van der Waals surface area contributed by atoms with Crippen molar-refractivity contribution in [2.45, 2.75) is 49.8 Å². The Morgan fingerprint density at radius 3 is 2.68 bits per heavy atom. The van der Waals surface area contributed by atoms with Crippen LogP contribution in [0.2, 0.25) is 0 Å². The molecule has 0 radical (unpaired) electrons. The van der Waals surface area contributed by atoms with E-state index in [0.29, 0.717) is 21.7 Å². The van der Waals surface area contributed by atoms with Crippen molar-refractivity contribution in [3.8, 4) is 0 Å². The van der Waals surface area contributed by atoms with Gasteiger partial charge in [0.1, 0.15) is 0 Å². The standard InChI is InChI=1S/C21H23N3O2S2/c1-2-26-20(25)17-12-27-21(24-17)28-18(22)9-10-23-19-15-7-3-5-13(15)11-14-6-4-8-16(14)19/h9-12,22-23H,2-8H2,1H3/b10-9-,22-18?. The van der Waals surface area contributed by atoms with E-state index in [1.54, 1.807) is 18.4 Å². The normalized spacial score (nSPS) is 14.9. The topological polar surface area (TPSA) is 75.1 Å². The summed E-state index contributed by atoms with van der Waals surface area (Å²) >= 11 is 2.59. The summed E-state index contributed by atoms with van der Waals surface area (Å²) in [5.41, 5.74) is 7.49. The zero-order chi connectivity index (χ0) is 19.5. The fraction of sp³-hybridized carbons (Fsp3) is 0.381. The van der Waals surface area contributed by atoms with Crippen molar-refractivity contribution < 1.29 is 9.53 Å². The van der Waals surface area contributed by atoms with Crippen LogP contribution in [0.3, 0.4) is 0 Å². The predicted molar refractivity (Wildman–Crippen MR) is 115 cm³/mol. The molecule has 0 unspecified atom stereocenters. The molecule has 0 saturated heterocycles. The fourth-order valence-electron chi connectivity index (χ4n) is 3.92. The van der Waals surface area contributed by atoms with E-state index < -0.39 is 5.97 Å². The summed E-state index contributed by atoms with van der Waals surface area (Å²) in [5.74, 6) is -0.416. The maximum absolute atomic E-state index is 11.7. The summed E-state index contributed by atoms with van der Waals surface area (Å²) in [6, 6.07) is 2.42. The number of aromatic nitrogens is 1. The number of nitrogens with zero attached hydrogens (tertiary/aromatic N) is 1. The lowest BCUT2D eigenvalue weighted by atomic mass is 9.99. The van der Waals surface area contributed by atoms with Gasteiger partial charge >= 0.3 is 5.97 Å². The zero-order valence-corrected chi connectivity index (χ0v) is 17.5. The third-order valence-electron chi connectivity index (χ3n) is 5.10. The van der Waals surface area contributed by atoms with Crippen molar-refractivity contribution in [1.82, 2.24) is 4.98 Å². The molecule has 0 atom stereocenters. The molecule has 7 heteroatoms. The van der Waals surface area contributed by atoms with Gasteiger partial charge in [-0.1, -0.05) is 6.07 Å². The van der Waals surface area contributed by atoms with Gasteiger partial charge in [0.2, 0.25) is 0 Å². The minimum Gasteiger partial charge on any atom is -0.461 e. The highest BCUT2D eigenvalue weighted by molar-refractivity contribution is 8.15. The molecular weight excluding hydrogens is 390 g/mol. The Morgan fingerprint density at radius 2 is 2.00 bits per heavy atom. The molecule has 2 N–H and O–H groups in total. The number of anilines is 1. The third kappa shape index (κ3) is 4.00. The second-order valence-electron chi connectivity index (χ2n) is 6.90. The maximum atomic E-state index is 11.7. The van der Waals surface area contributed by atoms with E-state index in [2.05, 4.69) is 16.4 Å². The van der Waals surface area contributed by atoms with E-state index in [1.807, 2.05) is 6.20 Å². The van der Waals surface area contributed by atoms with Crippen LogP contribution in [0.4, 0.5) is 5.69 Å². The Balaban J connectivity index is 1.41. The number of carbonyl (C=O) groups excluding carboxylic acids is 1. The molecule has 0 amide bonds. The smallest absolute Gasteiger partial charge is 0.357 e. The fourth-order valence-corrected chi connectivity index (χ4v) is 5.51. The monoisotopic (exact) mass is 413 g/mol. The average molecular weight is 414 g/mol. The van der Waals surface area contributed by atoms with Gasteiger partial charge in [-0.05, 0) is 85.5 Å². The highest BCUT2D eigenvalue weighted by atomic mass is 32.2. The number of aryl methyl sites for hydroxylation is 2. The minimum atomic E-state index is -0.416. The van der Waals surface area contributed by atoms with E-state index in [9.17, 15) is 4.79 Å². The lowest BCUT2D eigenvalue weighted by Gasteiger charge is -2.14. The SMILES string of the molecule is CCOC(=O)c1csc(SC(=N)/C=C\Nc2c3c(cc4c2CCC4)CCC3)n1. The molecule has 0 bridgehead atoms. The van der Waals surface area contributed by atoms with Crippen molar-refractivity contribution in [3.05, 3.63) is 51.7 Å². The summed E-state index contributed by atoms with van der Waals surface area (Å²) in [6.45, 7) is 2.10. The number of thioether (sulfide) groups is 1. The van der Waals surface area contributed by atoms with E-state index in [-0.39, 0.29) is 0 Å². The number of hydrogen-bond acceptors (Lipinski definition) is 7. The van der Waals surface area contributed by atoms with Gasteiger partial charge in [0.05, 0.1) is 11.7 Å². The summed E-state index contributed by atoms with van der Waals surface area (Å²) in [6.07, 6.45) is 10.7. The number of thiazole rings is 1. The van der Waals surface area contributed by atoms with E-state index in [1.165, 1.54) is 76.7 Å². The van der Waals surface area contributed by atoms with Gasteiger partial charge in [-0.25, -0.2) is 9.78 Å². The predicted octanol–water partition coefficient (Wildman–Crippen LogP) is 4.99. The van der Waals surface area contributed by atoms with Crippen molar-refractivity contribution in [2.24, 2.45) is 0 Å². The summed E-state index contributed by atoms with van der Waals surface area (Å²) < 4.78 is 5.62. The van der Waals surface area contributed by atoms with Gasteiger partial charge in [0.15, 0.2) is 10.0 Å². The number of esters is 1. The second-order valence-corrected chi connectivity index (χ2v) is 9.04. The van der Waals surface area contributed by atoms with Crippen molar-refractivity contribution in [3.63, 3.8) is 0 Å². The third-order valence-corrected chi connectivity index (χ3v) is 6.89. The molecule has 1 aromatic heterocycles. The highest BCUT2D eigenvalue weighted by Gasteiger charge is 2.23. The molecule has 2 aliphatic rings. The molecule has 1 aromatic carbocycles. The first-order chi connectivity index (χ1) is 13.7.